The van der Waals surface area contributed by atoms with Gasteiger partial charge in [0.15, 0.2) is 0 Å². The minimum absolute atomic E-state index is 0. The van der Waals surface area contributed by atoms with Crippen molar-refractivity contribution in [3.8, 4) is 11.3 Å². The summed E-state index contributed by atoms with van der Waals surface area (Å²) in [5.74, 6) is 0.197. The molecule has 1 heterocycles. The van der Waals surface area contributed by atoms with E-state index in [1.807, 2.05) is 6.07 Å². The molecule has 0 saturated heterocycles. The summed E-state index contributed by atoms with van der Waals surface area (Å²) in [4.78, 5) is 15.7. The number of nitrogens with zero attached hydrogens (tertiary/aromatic N) is 1. The predicted molar refractivity (Wildman–Crippen MR) is 111 cm³/mol. The maximum absolute atomic E-state index is 12.9. The maximum Gasteiger partial charge on any atom is 0.416 e. The number of halogens is 4. The van der Waals surface area contributed by atoms with Gasteiger partial charge in [-0.05, 0) is 55.9 Å². The molecular formula is C22H25ClF3N3O. The standard InChI is InChI=1S/C22H24F3N3O.ClH/c23-22(24,25)16-3-1-2-14(10-16)19-9-6-15(12-27-19)18-11-20(18)28-17-7-4-13(5-8-17)21(26)29;/h1-3,6,9-10,12-13,17-18,20,28H,4-5,7-8,11H2,(H2,26,29);1H/t13?,17?,18-,20+;/m1./s1. The number of amides is 1. The van der Waals surface area contributed by atoms with Crippen LogP contribution in [-0.4, -0.2) is 23.0 Å². The van der Waals surface area contributed by atoms with E-state index < -0.39 is 11.7 Å². The Balaban J connectivity index is 0.00000256. The highest BCUT2D eigenvalue weighted by atomic mass is 35.5. The number of pyridine rings is 1. The molecule has 30 heavy (non-hydrogen) atoms. The monoisotopic (exact) mass is 439 g/mol. The molecule has 2 aliphatic rings. The number of carbonyl (C=O) groups is 1. The molecule has 2 aliphatic carbocycles. The van der Waals surface area contributed by atoms with Gasteiger partial charge < -0.3 is 11.1 Å². The van der Waals surface area contributed by atoms with Crippen LogP contribution >= 0.6 is 12.4 Å². The molecule has 0 unspecified atom stereocenters. The number of hydrogen-bond acceptors (Lipinski definition) is 3. The summed E-state index contributed by atoms with van der Waals surface area (Å²) in [6.07, 6.45) is 2.05. The molecule has 0 bridgehead atoms. The normalized spacial score (nSPS) is 26.0. The largest absolute Gasteiger partial charge is 0.416 e. The van der Waals surface area contributed by atoms with Crippen LogP contribution in [0.2, 0.25) is 0 Å². The lowest BCUT2D eigenvalue weighted by Gasteiger charge is -2.27. The second-order valence-corrected chi connectivity index (χ2v) is 8.12. The molecule has 162 valence electrons. The second-order valence-electron chi connectivity index (χ2n) is 8.12. The van der Waals surface area contributed by atoms with Gasteiger partial charge in [-0.1, -0.05) is 18.2 Å². The number of nitrogens with two attached hydrogens (primary N) is 1. The van der Waals surface area contributed by atoms with E-state index in [0.29, 0.717) is 29.3 Å². The highest BCUT2D eigenvalue weighted by Gasteiger charge is 2.40. The topological polar surface area (TPSA) is 68.0 Å². The summed E-state index contributed by atoms with van der Waals surface area (Å²) in [6.45, 7) is 0. The van der Waals surface area contributed by atoms with Crippen LogP contribution in [0.5, 0.6) is 0 Å². The molecule has 2 atom stereocenters. The Hall–Kier alpha value is -2.12. The highest BCUT2D eigenvalue weighted by molar-refractivity contribution is 5.85. The van der Waals surface area contributed by atoms with E-state index in [9.17, 15) is 18.0 Å². The van der Waals surface area contributed by atoms with Crippen molar-refractivity contribution in [1.82, 2.24) is 10.3 Å². The quantitative estimate of drug-likeness (QED) is 0.710. The predicted octanol–water partition coefficient (Wildman–Crippen LogP) is 4.68. The summed E-state index contributed by atoms with van der Waals surface area (Å²) in [5, 5.41) is 3.67. The van der Waals surface area contributed by atoms with Crippen LogP contribution < -0.4 is 11.1 Å². The van der Waals surface area contributed by atoms with Crippen LogP contribution in [0.1, 0.15) is 49.1 Å². The molecule has 8 heteroatoms. The lowest BCUT2D eigenvalue weighted by Crippen LogP contribution is -2.38. The summed E-state index contributed by atoms with van der Waals surface area (Å²) in [7, 11) is 0. The van der Waals surface area contributed by atoms with Crippen LogP contribution in [0.4, 0.5) is 13.2 Å². The van der Waals surface area contributed by atoms with E-state index >= 15 is 0 Å². The fourth-order valence-electron chi connectivity index (χ4n) is 4.25. The first kappa shape index (κ1) is 22.6. The van der Waals surface area contributed by atoms with Crippen LogP contribution in [0.15, 0.2) is 42.6 Å². The molecular weight excluding hydrogens is 415 g/mol. The van der Waals surface area contributed by atoms with Crippen molar-refractivity contribution in [2.24, 2.45) is 11.7 Å². The Bertz CT molecular complexity index is 880. The van der Waals surface area contributed by atoms with Crippen molar-refractivity contribution in [3.63, 3.8) is 0 Å². The SMILES string of the molecule is Cl.NC(=O)C1CCC(N[C@H]2C[C@@H]2c2ccc(-c3cccc(C(F)(F)F)c3)nc2)CC1. The molecule has 0 spiro atoms. The first-order valence-electron chi connectivity index (χ1n) is 10.00. The van der Waals surface area contributed by atoms with Crippen molar-refractivity contribution >= 4 is 18.3 Å². The molecule has 2 aromatic rings. The molecule has 0 aliphatic heterocycles. The highest BCUT2D eigenvalue weighted by Crippen LogP contribution is 2.42. The Morgan fingerprint density at radius 2 is 1.83 bits per heavy atom. The number of nitrogens with one attached hydrogen (secondary N) is 1. The Morgan fingerprint density at radius 3 is 2.43 bits per heavy atom. The van der Waals surface area contributed by atoms with Gasteiger partial charge >= 0.3 is 6.18 Å². The molecule has 0 radical (unpaired) electrons. The average molecular weight is 440 g/mol. The molecule has 1 aromatic heterocycles. The van der Waals surface area contributed by atoms with E-state index in [0.717, 1.165) is 49.8 Å². The first-order valence-corrected chi connectivity index (χ1v) is 10.00. The van der Waals surface area contributed by atoms with Crippen molar-refractivity contribution < 1.29 is 18.0 Å². The fourth-order valence-corrected chi connectivity index (χ4v) is 4.25. The van der Waals surface area contributed by atoms with Gasteiger partial charge in [0.2, 0.25) is 5.91 Å². The lowest BCUT2D eigenvalue weighted by atomic mass is 9.85. The van der Waals surface area contributed by atoms with E-state index in [1.165, 1.54) is 6.07 Å². The summed E-state index contributed by atoms with van der Waals surface area (Å²) < 4.78 is 38.7. The number of primary amides is 1. The van der Waals surface area contributed by atoms with Crippen molar-refractivity contribution in [2.45, 2.75) is 56.3 Å². The van der Waals surface area contributed by atoms with Crippen LogP contribution in [-0.2, 0) is 11.0 Å². The van der Waals surface area contributed by atoms with E-state index in [-0.39, 0.29) is 24.2 Å². The minimum atomic E-state index is -4.36. The van der Waals surface area contributed by atoms with Gasteiger partial charge in [-0.25, -0.2) is 0 Å². The van der Waals surface area contributed by atoms with E-state index in [1.54, 1.807) is 18.3 Å². The number of hydrogen-bond donors (Lipinski definition) is 2. The summed E-state index contributed by atoms with van der Waals surface area (Å²) >= 11 is 0. The number of aromatic nitrogens is 1. The van der Waals surface area contributed by atoms with Gasteiger partial charge in [-0.15, -0.1) is 12.4 Å². The van der Waals surface area contributed by atoms with E-state index in [2.05, 4.69) is 10.3 Å². The number of rotatable bonds is 5. The third-order valence-corrected chi connectivity index (χ3v) is 6.07. The summed E-state index contributed by atoms with van der Waals surface area (Å²) in [5.41, 5.74) is 6.82. The average Bonchev–Trinajstić information content (AvgIpc) is 3.47. The molecule has 3 N–H and O–H groups in total. The smallest absolute Gasteiger partial charge is 0.369 e. The molecule has 2 saturated carbocycles. The minimum Gasteiger partial charge on any atom is -0.369 e. The van der Waals surface area contributed by atoms with Crippen LogP contribution in [0, 0.1) is 5.92 Å². The van der Waals surface area contributed by atoms with Gasteiger partial charge in [-0.3, -0.25) is 9.78 Å². The number of carbonyl (C=O) groups excluding carboxylic acids is 1. The molecule has 4 nitrogen and oxygen atoms in total. The zero-order valence-electron chi connectivity index (χ0n) is 16.4. The Labute approximate surface area is 179 Å². The third-order valence-electron chi connectivity index (χ3n) is 6.07. The van der Waals surface area contributed by atoms with Crippen molar-refractivity contribution in [3.05, 3.63) is 53.7 Å². The summed E-state index contributed by atoms with van der Waals surface area (Å²) in [6, 6.07) is 9.80. The van der Waals surface area contributed by atoms with Gasteiger partial charge in [0.25, 0.3) is 0 Å². The Morgan fingerprint density at radius 1 is 1.10 bits per heavy atom. The first-order chi connectivity index (χ1) is 13.8. The molecule has 4 rings (SSSR count). The van der Waals surface area contributed by atoms with Gasteiger partial charge in [0.1, 0.15) is 0 Å². The molecule has 1 aromatic carbocycles. The fraction of sp³-hybridized carbons (Fsp3) is 0.455. The van der Waals surface area contributed by atoms with Gasteiger partial charge in [0.05, 0.1) is 11.3 Å². The van der Waals surface area contributed by atoms with E-state index in [4.69, 9.17) is 5.73 Å². The zero-order chi connectivity index (χ0) is 20.6. The lowest BCUT2D eigenvalue weighted by molar-refractivity contribution is -0.137. The van der Waals surface area contributed by atoms with Crippen LogP contribution in [0.3, 0.4) is 0 Å². The number of alkyl halides is 3. The number of benzene rings is 1. The van der Waals surface area contributed by atoms with Crippen molar-refractivity contribution in [2.75, 3.05) is 0 Å². The molecule has 1 amide bonds. The van der Waals surface area contributed by atoms with Crippen molar-refractivity contribution in [1.29, 1.82) is 0 Å². The van der Waals surface area contributed by atoms with Gasteiger partial charge in [0, 0.05) is 35.7 Å². The third kappa shape index (κ3) is 5.13. The second kappa shape index (κ2) is 8.94. The van der Waals surface area contributed by atoms with Crippen LogP contribution in [0.25, 0.3) is 11.3 Å². The van der Waals surface area contributed by atoms with Gasteiger partial charge in [-0.2, -0.15) is 13.2 Å². The molecule has 2 fully saturated rings. The Kier molecular flexibility index (Phi) is 6.72. The maximum atomic E-state index is 12.9. The zero-order valence-corrected chi connectivity index (χ0v) is 17.2.